The average Bonchev–Trinajstić information content (AvgIpc) is 3.14. The van der Waals surface area contributed by atoms with Crippen LogP contribution >= 0.6 is 0 Å². The van der Waals surface area contributed by atoms with E-state index in [1.165, 1.54) is 12.1 Å². The fraction of sp³-hybridized carbons (Fsp3) is 0.160. The van der Waals surface area contributed by atoms with Crippen LogP contribution in [0, 0.1) is 23.2 Å². The van der Waals surface area contributed by atoms with Crippen molar-refractivity contribution < 1.29 is 4.39 Å². The number of halogens is 1. The predicted molar refractivity (Wildman–Crippen MR) is 118 cm³/mol. The van der Waals surface area contributed by atoms with Gasteiger partial charge < -0.3 is 5.73 Å². The molecule has 0 aromatic heterocycles. The number of nitriles is 1. The van der Waals surface area contributed by atoms with E-state index < -0.39 is 5.54 Å². The Bertz CT molecular complexity index is 1260. The minimum absolute atomic E-state index is 0.370. The number of nitrogens with two attached hydrogens (primary N) is 1. The fourth-order valence-electron chi connectivity index (χ4n) is 4.33. The first-order valence-electron chi connectivity index (χ1n) is 10.1. The molecule has 0 bridgehead atoms. The van der Waals surface area contributed by atoms with Crippen molar-refractivity contribution in [3.63, 3.8) is 0 Å². The van der Waals surface area contributed by atoms with Crippen molar-refractivity contribution >= 4 is 11.8 Å². The molecule has 2 heterocycles. The maximum atomic E-state index is 14.7. The van der Waals surface area contributed by atoms with Gasteiger partial charge in [0.1, 0.15) is 11.7 Å². The Morgan fingerprint density at radius 3 is 2.74 bits per heavy atom. The van der Waals surface area contributed by atoms with E-state index in [1.807, 2.05) is 53.4 Å². The van der Waals surface area contributed by atoms with Crippen LogP contribution in [0.3, 0.4) is 0 Å². The topological polar surface area (TPSA) is 77.8 Å². The molecule has 1 radical (unpaired) electrons. The molecule has 0 amide bonds. The van der Waals surface area contributed by atoms with Crippen molar-refractivity contribution in [2.45, 2.75) is 12.0 Å². The number of hydrogen-bond acceptors (Lipinski definition) is 5. The van der Waals surface area contributed by atoms with Crippen LogP contribution in [0.15, 0.2) is 76.7 Å². The van der Waals surface area contributed by atoms with Gasteiger partial charge >= 0.3 is 0 Å². The Kier molecular flexibility index (Phi) is 4.52. The largest absolute Gasteiger partial charge is 0.369 e. The van der Waals surface area contributed by atoms with Gasteiger partial charge in [0.2, 0.25) is 0 Å². The van der Waals surface area contributed by atoms with E-state index in [0.29, 0.717) is 29.2 Å². The zero-order valence-electron chi connectivity index (χ0n) is 16.7. The molecular formula is C25H19FN5. The zero-order chi connectivity index (χ0) is 21.4. The molecule has 0 fully saturated rings. The Labute approximate surface area is 180 Å². The van der Waals surface area contributed by atoms with Crippen molar-refractivity contribution in [1.82, 2.24) is 4.90 Å². The number of benzene rings is 3. The van der Waals surface area contributed by atoms with Gasteiger partial charge in [-0.3, -0.25) is 9.89 Å². The zero-order valence-corrected chi connectivity index (χ0v) is 16.7. The summed E-state index contributed by atoms with van der Waals surface area (Å²) >= 11 is 0. The number of rotatable bonds is 3. The lowest BCUT2D eigenvalue weighted by atomic mass is 9.81. The molecule has 31 heavy (non-hydrogen) atoms. The Balaban J connectivity index is 1.75. The first-order valence-corrected chi connectivity index (χ1v) is 10.1. The van der Waals surface area contributed by atoms with Crippen LogP contribution in [0.1, 0.15) is 23.1 Å². The number of fused-ring (bicyclic) bond motifs is 1. The summed E-state index contributed by atoms with van der Waals surface area (Å²) in [7, 11) is 0. The maximum Gasteiger partial charge on any atom is 0.198 e. The third-order valence-electron chi connectivity index (χ3n) is 5.76. The molecule has 1 unspecified atom stereocenters. The molecule has 0 aliphatic carbocycles. The number of hydrogen-bond donors (Lipinski definition) is 1. The van der Waals surface area contributed by atoms with E-state index in [1.54, 1.807) is 6.07 Å². The Morgan fingerprint density at radius 1 is 1.10 bits per heavy atom. The van der Waals surface area contributed by atoms with Crippen LogP contribution in [0.4, 0.5) is 4.39 Å². The third kappa shape index (κ3) is 2.98. The van der Waals surface area contributed by atoms with Crippen molar-refractivity contribution in [2.24, 2.45) is 15.7 Å². The predicted octanol–water partition coefficient (Wildman–Crippen LogP) is 3.84. The monoisotopic (exact) mass is 408 g/mol. The smallest absolute Gasteiger partial charge is 0.198 e. The molecule has 2 aliphatic rings. The van der Waals surface area contributed by atoms with Crippen LogP contribution in [0.5, 0.6) is 0 Å². The second kappa shape index (κ2) is 7.37. The first-order chi connectivity index (χ1) is 15.1. The summed E-state index contributed by atoms with van der Waals surface area (Å²) in [6, 6.07) is 24.7. The number of guanidine groups is 1. The lowest BCUT2D eigenvalue weighted by Gasteiger charge is -2.33. The van der Waals surface area contributed by atoms with Crippen molar-refractivity contribution in [2.75, 3.05) is 13.1 Å². The van der Waals surface area contributed by atoms with Crippen LogP contribution in [-0.4, -0.2) is 29.8 Å². The van der Waals surface area contributed by atoms with E-state index >= 15 is 0 Å². The average molecular weight is 408 g/mol. The molecule has 5 rings (SSSR count). The van der Waals surface area contributed by atoms with Gasteiger partial charge in [0.25, 0.3) is 0 Å². The highest BCUT2D eigenvalue weighted by Gasteiger charge is 2.49. The van der Waals surface area contributed by atoms with Crippen molar-refractivity contribution in [3.8, 4) is 17.2 Å². The van der Waals surface area contributed by atoms with Crippen LogP contribution in [0.2, 0.25) is 0 Å². The summed E-state index contributed by atoms with van der Waals surface area (Å²) in [6.07, 6.45) is 0.907. The first kappa shape index (κ1) is 19.0. The third-order valence-corrected chi connectivity index (χ3v) is 5.76. The van der Waals surface area contributed by atoms with Gasteiger partial charge in [0.05, 0.1) is 11.6 Å². The molecule has 0 spiro atoms. The van der Waals surface area contributed by atoms with Gasteiger partial charge in [-0.05, 0) is 53.4 Å². The molecule has 3 aromatic rings. The lowest BCUT2D eigenvalue weighted by molar-refractivity contribution is 0.531. The number of nitrogens with zero attached hydrogens (tertiary/aromatic N) is 4. The van der Waals surface area contributed by atoms with Gasteiger partial charge in [-0.1, -0.05) is 42.5 Å². The van der Waals surface area contributed by atoms with E-state index in [4.69, 9.17) is 15.7 Å². The SMILES string of the molecule is N#Cc1ccc(F)c(-c2cccc(C3(c4cc[c]cc4)N=C(N)N4CCCN=C43)c2)c1. The summed E-state index contributed by atoms with van der Waals surface area (Å²) in [5.41, 5.74) is 8.62. The van der Waals surface area contributed by atoms with E-state index in [-0.39, 0.29) is 5.82 Å². The highest BCUT2D eigenvalue weighted by molar-refractivity contribution is 6.12. The normalized spacial score (nSPS) is 19.9. The minimum atomic E-state index is -0.918. The van der Waals surface area contributed by atoms with Gasteiger partial charge in [-0.25, -0.2) is 9.38 Å². The molecule has 0 saturated heterocycles. The highest BCUT2D eigenvalue weighted by atomic mass is 19.1. The van der Waals surface area contributed by atoms with Gasteiger partial charge in [-0.15, -0.1) is 0 Å². The molecular weight excluding hydrogens is 389 g/mol. The number of amidine groups is 1. The summed E-state index contributed by atoms with van der Waals surface area (Å²) in [5, 5.41) is 9.25. The maximum absolute atomic E-state index is 14.7. The standard InChI is InChI=1S/C25H19FN5/c26-22-11-10-17(16-27)14-21(22)18-6-4-9-20(15-18)25(19-7-2-1-3-8-19)23-29-12-5-13-31(23)24(28)30-25/h2-4,6-11,14-15H,5,12-13H2,(H2,28,30). The molecule has 3 aromatic carbocycles. The van der Waals surface area contributed by atoms with Gasteiger partial charge in [0, 0.05) is 18.7 Å². The second-order valence-corrected chi connectivity index (χ2v) is 7.57. The van der Waals surface area contributed by atoms with Crippen LogP contribution in [0.25, 0.3) is 11.1 Å². The minimum Gasteiger partial charge on any atom is -0.369 e. The molecule has 0 saturated carbocycles. The van der Waals surface area contributed by atoms with Crippen LogP contribution in [-0.2, 0) is 5.54 Å². The van der Waals surface area contributed by atoms with Crippen molar-refractivity contribution in [1.29, 1.82) is 5.26 Å². The molecule has 1 atom stereocenters. The molecule has 2 N–H and O–H groups in total. The summed E-state index contributed by atoms with van der Waals surface area (Å²) in [4.78, 5) is 11.7. The summed E-state index contributed by atoms with van der Waals surface area (Å²) in [5.74, 6) is 0.825. The molecule has 5 nitrogen and oxygen atoms in total. The van der Waals surface area contributed by atoms with E-state index in [2.05, 4.69) is 12.1 Å². The van der Waals surface area contributed by atoms with Crippen molar-refractivity contribution in [3.05, 3.63) is 95.3 Å². The fourth-order valence-corrected chi connectivity index (χ4v) is 4.33. The van der Waals surface area contributed by atoms with E-state index in [0.717, 1.165) is 29.9 Å². The highest BCUT2D eigenvalue weighted by Crippen LogP contribution is 2.42. The van der Waals surface area contributed by atoms with Gasteiger partial charge in [0.15, 0.2) is 11.5 Å². The molecule has 2 aliphatic heterocycles. The molecule has 151 valence electrons. The summed E-state index contributed by atoms with van der Waals surface area (Å²) < 4.78 is 14.7. The summed E-state index contributed by atoms with van der Waals surface area (Å²) in [6.45, 7) is 1.46. The molecule has 6 heteroatoms. The number of aliphatic imine (C=N–C) groups is 2. The Morgan fingerprint density at radius 2 is 1.94 bits per heavy atom. The Hall–Kier alpha value is -3.98. The van der Waals surface area contributed by atoms with Crippen LogP contribution < -0.4 is 5.73 Å². The second-order valence-electron chi connectivity index (χ2n) is 7.57. The van der Waals surface area contributed by atoms with Gasteiger partial charge in [-0.2, -0.15) is 5.26 Å². The quantitative estimate of drug-likeness (QED) is 0.715. The lowest BCUT2D eigenvalue weighted by Crippen LogP contribution is -2.46. The van der Waals surface area contributed by atoms with E-state index in [9.17, 15) is 9.65 Å².